The number of piperidine rings is 1. The van der Waals surface area contributed by atoms with Gasteiger partial charge in [-0.05, 0) is 105 Å². The summed E-state index contributed by atoms with van der Waals surface area (Å²) in [7, 11) is 0. The maximum absolute atomic E-state index is 14.0. The minimum Gasteiger partial charge on any atom is -0.542 e. The molecule has 7 amide bonds. The first-order valence-electron chi connectivity index (χ1n) is 25.0. The number of carboxylic acids is 2. The Morgan fingerprint density at radius 2 is 1.28 bits per heavy atom. The first-order valence-corrected chi connectivity index (χ1v) is 25.0. The molecule has 27 heteroatoms. The van der Waals surface area contributed by atoms with E-state index in [4.69, 9.17) is 25.5 Å². The van der Waals surface area contributed by atoms with Crippen molar-refractivity contribution in [2.24, 2.45) is 17.6 Å². The van der Waals surface area contributed by atoms with E-state index in [1.54, 1.807) is 20.8 Å². The number of hydrogen-bond acceptors (Lipinski definition) is 12. The van der Waals surface area contributed by atoms with Gasteiger partial charge < -0.3 is 57.5 Å². The summed E-state index contributed by atoms with van der Waals surface area (Å²) in [6.07, 6.45) is -3.91. The number of rotatable bonds is 20. The number of carbonyl (C=O) groups excluding carboxylic acids is 8. The van der Waals surface area contributed by atoms with Gasteiger partial charge in [0.2, 0.25) is 47.2 Å². The van der Waals surface area contributed by atoms with Crippen LogP contribution in [0.15, 0.2) is 0 Å². The molecule has 0 spiro atoms. The molecule has 0 radical (unpaired) electrons. The van der Waals surface area contributed by atoms with Gasteiger partial charge in [0.25, 0.3) is 0 Å². The van der Waals surface area contributed by atoms with E-state index in [2.05, 4.69) is 55.2 Å². The van der Waals surface area contributed by atoms with Crippen molar-refractivity contribution < 1.29 is 84.3 Å². The topological polar surface area (TPSA) is 305 Å². The molecule has 0 aromatic carbocycles. The van der Waals surface area contributed by atoms with Gasteiger partial charge in [-0.3, -0.25) is 43.0 Å². The van der Waals surface area contributed by atoms with Gasteiger partial charge in [0.1, 0.15) is 41.2 Å². The maximum atomic E-state index is 14.0. The predicted molar refractivity (Wildman–Crippen MR) is 260 cm³/mol. The number of aliphatic carboxylic acids is 2. The summed E-state index contributed by atoms with van der Waals surface area (Å²) < 4.78 is 65.7. The van der Waals surface area contributed by atoms with Crippen molar-refractivity contribution in [1.29, 1.82) is 0 Å². The number of amidine groups is 1. The lowest BCUT2D eigenvalue weighted by atomic mass is 9.94. The van der Waals surface area contributed by atoms with Gasteiger partial charge in [0.05, 0.1) is 44.2 Å². The minimum absolute atomic E-state index is 0.00898. The van der Waals surface area contributed by atoms with Crippen LogP contribution in [-0.4, -0.2) is 171 Å². The fourth-order valence-corrected chi connectivity index (χ4v) is 8.20. The molecule has 3 aliphatic rings. The van der Waals surface area contributed by atoms with Crippen molar-refractivity contribution in [1.82, 2.24) is 41.7 Å². The molecule has 0 aliphatic carbocycles. The van der Waals surface area contributed by atoms with Crippen LogP contribution >= 0.6 is 0 Å². The SMILES string of the molecule is CC[C@](C)(NC(=O)[C@H](CC(C)C)NC(=O)CNC(=O)C(C)(C)NC(=O)[C@@H]1CCCCN1C(=O)C(C)(C)NC(=O)C(C)(C)N)C(=O)N[C@@H](CC(C)C)CN1CCC[N+]2=C1CCC2.O=C(O)C(F)(F)F.O=C([O-])C(F)(F)F. The van der Waals surface area contributed by atoms with E-state index < -0.39 is 101 Å². The minimum atomic E-state index is -5.19. The summed E-state index contributed by atoms with van der Waals surface area (Å²) in [5.74, 6) is -7.62. The molecule has 0 aromatic rings. The van der Waals surface area contributed by atoms with E-state index in [9.17, 15) is 59.9 Å². The number of alkyl halides is 6. The van der Waals surface area contributed by atoms with Crippen molar-refractivity contribution in [3.05, 3.63) is 0 Å². The molecule has 430 valence electrons. The second-order valence-corrected chi connectivity index (χ2v) is 21.7. The van der Waals surface area contributed by atoms with E-state index in [-0.39, 0.29) is 30.8 Å². The Hall–Kier alpha value is -5.76. The first-order chi connectivity index (χ1) is 34.1. The van der Waals surface area contributed by atoms with Crippen LogP contribution in [-0.2, 0) is 43.2 Å². The van der Waals surface area contributed by atoms with Crippen molar-refractivity contribution in [3.8, 4) is 0 Å². The molecule has 1 fully saturated rings. The number of amides is 7. The molecule has 0 unspecified atom stereocenters. The Bertz CT molecular complexity index is 2050. The Kier molecular flexibility index (Phi) is 25.0. The van der Waals surface area contributed by atoms with Crippen LogP contribution in [0.1, 0.15) is 141 Å². The summed E-state index contributed by atoms with van der Waals surface area (Å²) in [6.45, 7) is 24.4. The van der Waals surface area contributed by atoms with Gasteiger partial charge in [0, 0.05) is 13.0 Å². The van der Waals surface area contributed by atoms with Crippen LogP contribution in [0.4, 0.5) is 26.3 Å². The molecule has 3 rings (SSSR count). The zero-order valence-electron chi connectivity index (χ0n) is 45.2. The van der Waals surface area contributed by atoms with Crippen LogP contribution in [0.25, 0.3) is 0 Å². The van der Waals surface area contributed by atoms with Crippen LogP contribution in [0, 0.1) is 11.8 Å². The van der Waals surface area contributed by atoms with E-state index in [0.29, 0.717) is 38.1 Å². The highest BCUT2D eigenvalue weighted by Crippen LogP contribution is 2.24. The van der Waals surface area contributed by atoms with Crippen LogP contribution < -0.4 is 42.7 Å². The number of hydrogen-bond donors (Lipinski definition) is 8. The van der Waals surface area contributed by atoms with Crippen LogP contribution in [0.5, 0.6) is 0 Å². The van der Waals surface area contributed by atoms with Gasteiger partial charge >= 0.3 is 18.3 Å². The normalized spacial score (nSPS) is 17.9. The molecule has 1 saturated heterocycles. The van der Waals surface area contributed by atoms with Gasteiger partial charge in [-0.2, -0.15) is 26.3 Å². The molecule has 3 aliphatic heterocycles. The highest BCUT2D eigenvalue weighted by molar-refractivity contribution is 5.99. The summed E-state index contributed by atoms with van der Waals surface area (Å²) in [5.41, 5.74) is 0.626. The molecule has 21 nitrogen and oxygen atoms in total. The zero-order chi connectivity index (χ0) is 58.2. The molecule has 3 heterocycles. The lowest BCUT2D eigenvalue weighted by Crippen LogP contribution is -2.66. The molecular formula is C48H80F6N10O11. The smallest absolute Gasteiger partial charge is 0.490 e. The average molecular weight is 1090 g/mol. The van der Waals surface area contributed by atoms with Gasteiger partial charge in [-0.25, -0.2) is 4.79 Å². The third kappa shape index (κ3) is 22.2. The fraction of sp³-hybridized carbons (Fsp3) is 0.792. The highest BCUT2D eigenvalue weighted by atomic mass is 19.4. The predicted octanol–water partition coefficient (Wildman–Crippen LogP) is 1.20. The van der Waals surface area contributed by atoms with E-state index >= 15 is 0 Å². The number of halogens is 6. The molecular weight excluding hydrogens is 1010 g/mol. The summed E-state index contributed by atoms with van der Waals surface area (Å²) in [5, 5.41) is 32.9. The zero-order valence-corrected chi connectivity index (χ0v) is 45.2. The molecule has 0 saturated carbocycles. The monoisotopic (exact) mass is 1090 g/mol. The van der Waals surface area contributed by atoms with Crippen LogP contribution in [0.2, 0.25) is 0 Å². The van der Waals surface area contributed by atoms with E-state index in [0.717, 1.165) is 45.3 Å². The number of nitrogens with zero attached hydrogens (tertiary/aromatic N) is 3. The van der Waals surface area contributed by atoms with Gasteiger partial charge in [-0.1, -0.05) is 34.6 Å². The fourth-order valence-electron chi connectivity index (χ4n) is 8.20. The second kappa shape index (κ2) is 27.9. The van der Waals surface area contributed by atoms with Crippen molar-refractivity contribution in [2.75, 3.05) is 39.3 Å². The molecule has 0 aromatic heterocycles. The number of likely N-dealkylation sites (tertiary alicyclic amines) is 1. The quantitative estimate of drug-likeness (QED) is 0.0629. The van der Waals surface area contributed by atoms with Gasteiger partial charge in [-0.15, -0.1) is 0 Å². The lowest BCUT2D eigenvalue weighted by Gasteiger charge is -2.41. The Morgan fingerprint density at radius 3 is 1.77 bits per heavy atom. The standard InChI is InChI=1S/C44H78N10O7.2C2HF3O2/c1-13-44(12,39(60)47-30(24-28(2)3)27-53-22-17-21-52-20-16-19-34(52)53)50-35(56)31(25-29(4)5)48-33(55)26-46-38(59)42(8,9)49-36(57)32-18-14-15-23-54(32)40(61)43(10,11)51-37(58)41(6,7)45;2*3-2(4,5)1(6)7/h28-32H,13-27,45H2,1-12H3,(H5-,46,47,48,49,50,51,55,56,57,58,59,60);2*(H,6,7)/t30-,31-,32-,44-;;/m0../s1. The first kappa shape index (κ1) is 67.3. The molecule has 4 atom stereocenters. The summed E-state index contributed by atoms with van der Waals surface area (Å²) >= 11 is 0. The number of nitrogens with two attached hydrogens (primary N) is 1. The summed E-state index contributed by atoms with van der Waals surface area (Å²) in [6, 6.07) is -2.00. The highest BCUT2D eigenvalue weighted by Gasteiger charge is 2.44. The number of carboxylic acid groups (broad SMARTS) is 2. The Morgan fingerprint density at radius 1 is 0.733 bits per heavy atom. The van der Waals surface area contributed by atoms with E-state index in [1.807, 2.05) is 20.8 Å². The van der Waals surface area contributed by atoms with Crippen molar-refractivity contribution >= 4 is 59.1 Å². The maximum Gasteiger partial charge on any atom is 0.490 e. The van der Waals surface area contributed by atoms with Gasteiger partial charge in [0.15, 0.2) is 0 Å². The van der Waals surface area contributed by atoms with Crippen molar-refractivity contribution in [2.45, 2.75) is 194 Å². The lowest BCUT2D eigenvalue weighted by molar-refractivity contribution is -0.530. The largest absolute Gasteiger partial charge is 0.542 e. The van der Waals surface area contributed by atoms with E-state index in [1.165, 1.54) is 38.4 Å². The Labute approximate surface area is 434 Å². The average Bonchev–Trinajstić information content (AvgIpc) is 3.76. The Balaban J connectivity index is 0.00000175. The van der Waals surface area contributed by atoms with Crippen molar-refractivity contribution in [3.63, 3.8) is 0 Å². The summed E-state index contributed by atoms with van der Waals surface area (Å²) in [4.78, 5) is 116. The molecule has 0 bridgehead atoms. The molecule has 75 heavy (non-hydrogen) atoms. The number of carbonyl (C=O) groups is 9. The number of nitrogens with one attached hydrogen (secondary N) is 6. The second-order valence-electron chi connectivity index (χ2n) is 21.7. The third-order valence-corrected chi connectivity index (χ3v) is 12.4. The third-order valence-electron chi connectivity index (χ3n) is 12.4. The van der Waals surface area contributed by atoms with Crippen LogP contribution in [0.3, 0.4) is 0 Å². The molecule has 9 N–H and O–H groups in total.